The van der Waals surface area contributed by atoms with E-state index in [0.717, 1.165) is 25.9 Å². The lowest BCUT2D eigenvalue weighted by Crippen LogP contribution is -2.71. The Balaban J connectivity index is 1.76. The molecule has 1 saturated carbocycles. The fourth-order valence-corrected chi connectivity index (χ4v) is 7.76. The van der Waals surface area contributed by atoms with Gasteiger partial charge in [0.25, 0.3) is 5.91 Å². The molecule has 1 aromatic rings. The molecule has 0 spiro atoms. The Labute approximate surface area is 268 Å². The summed E-state index contributed by atoms with van der Waals surface area (Å²) in [6.45, 7) is 10.5. The number of ketones is 2. The van der Waals surface area contributed by atoms with Crippen molar-refractivity contribution in [2.75, 3.05) is 33.9 Å². The summed E-state index contributed by atoms with van der Waals surface area (Å²) in [7, 11) is 3.06. The largest absolute Gasteiger partial charge is 0.508 e. The van der Waals surface area contributed by atoms with Crippen molar-refractivity contribution in [3.05, 3.63) is 45.7 Å². The number of esters is 1. The molecule has 0 radical (unpaired) electrons. The normalized spacial score (nSPS) is 29.9. The van der Waals surface area contributed by atoms with Crippen molar-refractivity contribution in [1.29, 1.82) is 0 Å². The maximum atomic E-state index is 14.6. The fraction of sp³-hybridized carbons (Fsp3) is 0.588. The zero-order valence-electron chi connectivity index (χ0n) is 27.5. The number of likely N-dealkylation sites (N-methyl/N-ethyl adjacent to an activating group) is 1. The van der Waals surface area contributed by atoms with Crippen molar-refractivity contribution < 1.29 is 44.3 Å². The average molecular weight is 640 g/mol. The van der Waals surface area contributed by atoms with E-state index in [1.807, 2.05) is 25.7 Å². The Morgan fingerprint density at radius 1 is 1.11 bits per heavy atom. The lowest BCUT2D eigenvalue weighted by atomic mass is 9.54. The minimum Gasteiger partial charge on any atom is -0.508 e. The zero-order valence-corrected chi connectivity index (χ0v) is 27.5. The van der Waals surface area contributed by atoms with Crippen molar-refractivity contribution in [1.82, 2.24) is 15.1 Å². The number of rotatable bonds is 6. The number of aliphatic hydroxyl groups is 3. The number of hydrogen-bond acceptors (Lipinski definition) is 11. The van der Waals surface area contributed by atoms with Gasteiger partial charge in [-0.1, -0.05) is 46.8 Å². The van der Waals surface area contributed by atoms with E-state index in [9.17, 15) is 39.6 Å². The van der Waals surface area contributed by atoms with Crippen LogP contribution in [-0.4, -0.2) is 105 Å². The maximum Gasteiger partial charge on any atom is 0.305 e. The molecule has 4 aliphatic rings. The molecule has 5 N–H and O–H groups in total. The van der Waals surface area contributed by atoms with Gasteiger partial charge in [-0.2, -0.15) is 0 Å². The summed E-state index contributed by atoms with van der Waals surface area (Å²) in [4.78, 5) is 58.6. The molecule has 1 heterocycles. The molecule has 12 nitrogen and oxygen atoms in total. The minimum atomic E-state index is -2.93. The van der Waals surface area contributed by atoms with Crippen LogP contribution >= 0.6 is 0 Å². The molecule has 1 saturated heterocycles. The number of benzene rings is 1. The van der Waals surface area contributed by atoms with Gasteiger partial charge in [-0.15, -0.1) is 0 Å². The van der Waals surface area contributed by atoms with Gasteiger partial charge in [0.2, 0.25) is 5.78 Å². The Hall–Kier alpha value is -3.74. The Bertz CT molecular complexity index is 1550. The lowest BCUT2D eigenvalue weighted by Gasteiger charge is -2.54. The first-order valence-corrected chi connectivity index (χ1v) is 15.9. The molecule has 1 aliphatic heterocycles. The maximum absolute atomic E-state index is 14.6. The van der Waals surface area contributed by atoms with Crippen LogP contribution in [0.25, 0.3) is 5.76 Å². The number of ether oxygens (including phenoxy) is 1. The molecule has 250 valence electrons. The van der Waals surface area contributed by atoms with Crippen molar-refractivity contribution in [2.45, 2.75) is 83.0 Å². The van der Waals surface area contributed by atoms with Gasteiger partial charge >= 0.3 is 5.97 Å². The SMILES string of the molecule is CCC(=O)O[C@H]1[C@@H]2C(=C(O)c3c(ccc(C(C)(C)C)c3O)[C@H]2C)C(=O)[C@@]2(O)C(O)=C(C(=O)NCN3CCCC3)C(=O)[C@H](N(C)C)[C@@H]12. The summed E-state index contributed by atoms with van der Waals surface area (Å²) in [5.74, 6) is -8.90. The molecule has 6 atom stereocenters. The summed E-state index contributed by atoms with van der Waals surface area (Å²) in [6, 6.07) is 2.11. The van der Waals surface area contributed by atoms with Crippen LogP contribution in [-0.2, 0) is 29.3 Å². The number of aromatic hydroxyl groups is 1. The number of phenols is 1. The fourth-order valence-electron chi connectivity index (χ4n) is 7.76. The van der Waals surface area contributed by atoms with E-state index in [-0.39, 0.29) is 30.0 Å². The smallest absolute Gasteiger partial charge is 0.305 e. The van der Waals surface area contributed by atoms with E-state index in [0.29, 0.717) is 11.1 Å². The first kappa shape index (κ1) is 33.6. The Morgan fingerprint density at radius 2 is 1.74 bits per heavy atom. The van der Waals surface area contributed by atoms with Gasteiger partial charge in [0.15, 0.2) is 11.4 Å². The van der Waals surface area contributed by atoms with Gasteiger partial charge < -0.3 is 30.5 Å². The van der Waals surface area contributed by atoms with E-state index in [2.05, 4.69) is 5.32 Å². The number of nitrogens with zero attached hydrogens (tertiary/aromatic N) is 2. The van der Waals surface area contributed by atoms with Crippen LogP contribution in [0.5, 0.6) is 5.75 Å². The van der Waals surface area contributed by atoms with Crippen molar-refractivity contribution in [2.24, 2.45) is 11.8 Å². The molecule has 1 amide bonds. The molecule has 3 aliphatic carbocycles. The quantitative estimate of drug-likeness (QED) is 0.228. The molecule has 5 rings (SSSR count). The van der Waals surface area contributed by atoms with Crippen LogP contribution in [0.3, 0.4) is 0 Å². The second kappa shape index (κ2) is 11.8. The third kappa shape index (κ3) is 5.01. The number of phenolic OH excluding ortho intramolecular Hbond substituents is 1. The summed E-state index contributed by atoms with van der Waals surface area (Å²) in [6.07, 6.45) is 0.439. The number of likely N-dealkylation sites (tertiary alicyclic amines) is 1. The highest BCUT2D eigenvalue weighted by atomic mass is 16.5. The zero-order chi connectivity index (χ0) is 34.0. The van der Waals surface area contributed by atoms with E-state index < -0.39 is 81.4 Å². The Kier molecular flexibility index (Phi) is 8.63. The molecular weight excluding hydrogens is 594 g/mol. The molecule has 0 unspecified atom stereocenters. The number of nitrogens with one attached hydrogen (secondary N) is 1. The molecule has 12 heteroatoms. The summed E-state index contributed by atoms with van der Waals surface area (Å²) in [5.41, 5.74) is -3.60. The second-order valence-corrected chi connectivity index (χ2v) is 14.2. The summed E-state index contributed by atoms with van der Waals surface area (Å²) in [5, 5.41) is 50.0. The van der Waals surface area contributed by atoms with Crippen LogP contribution in [0, 0.1) is 11.8 Å². The van der Waals surface area contributed by atoms with Crippen LogP contribution < -0.4 is 5.32 Å². The molecule has 1 aromatic carbocycles. The van der Waals surface area contributed by atoms with Crippen LogP contribution in [0.15, 0.2) is 29.0 Å². The number of carbonyl (C=O) groups is 4. The predicted molar refractivity (Wildman–Crippen MR) is 168 cm³/mol. The predicted octanol–water partition coefficient (Wildman–Crippen LogP) is 2.44. The molecular formula is C34H45N3O9. The number of Topliss-reactive ketones (excluding diaryl/α,β-unsaturated/α-hetero) is 2. The van der Waals surface area contributed by atoms with Crippen LogP contribution in [0.2, 0.25) is 0 Å². The van der Waals surface area contributed by atoms with Gasteiger partial charge in [-0.3, -0.25) is 29.0 Å². The van der Waals surface area contributed by atoms with Gasteiger partial charge in [0.05, 0.1) is 24.2 Å². The third-order valence-corrected chi connectivity index (χ3v) is 10.1. The number of amides is 1. The van der Waals surface area contributed by atoms with Crippen LogP contribution in [0.1, 0.15) is 76.5 Å². The van der Waals surface area contributed by atoms with E-state index >= 15 is 0 Å². The molecule has 46 heavy (non-hydrogen) atoms. The topological polar surface area (TPSA) is 177 Å². The van der Waals surface area contributed by atoms with Gasteiger partial charge in [0.1, 0.15) is 28.9 Å². The summed E-state index contributed by atoms with van der Waals surface area (Å²) < 4.78 is 5.94. The molecule has 2 fully saturated rings. The van der Waals surface area contributed by atoms with Crippen molar-refractivity contribution in [3.8, 4) is 5.75 Å². The first-order valence-electron chi connectivity index (χ1n) is 15.9. The molecule has 0 bridgehead atoms. The van der Waals surface area contributed by atoms with Crippen molar-refractivity contribution >= 4 is 29.2 Å². The first-order chi connectivity index (χ1) is 21.5. The standard InChI is InChI=1S/C34H45N3O9/c1-8-19(38)46-29-20-16(2)17-11-12-18(33(3,4)5)26(39)21(17)27(40)22(20)30(42)34(45)24(29)25(36(6)7)28(41)23(31(34)43)32(44)35-15-37-13-9-10-14-37/h11-12,16,20,24-25,29,39-40,43,45H,8-10,13-15H2,1-7H3,(H,35,44)/t16-,20+,24+,25-,29+,34-/m1/s1. The van der Waals surface area contributed by atoms with Gasteiger partial charge in [0, 0.05) is 23.5 Å². The average Bonchev–Trinajstić information content (AvgIpc) is 3.50. The highest BCUT2D eigenvalue weighted by Gasteiger charge is 2.69. The lowest BCUT2D eigenvalue weighted by molar-refractivity contribution is -0.185. The second-order valence-electron chi connectivity index (χ2n) is 14.2. The van der Waals surface area contributed by atoms with E-state index in [4.69, 9.17) is 4.74 Å². The summed E-state index contributed by atoms with van der Waals surface area (Å²) >= 11 is 0. The monoisotopic (exact) mass is 639 g/mol. The number of hydrogen-bond donors (Lipinski definition) is 5. The van der Waals surface area contributed by atoms with Crippen molar-refractivity contribution in [3.63, 3.8) is 0 Å². The number of aliphatic hydroxyl groups excluding tert-OH is 2. The number of fused-ring (bicyclic) bond motifs is 3. The molecule has 0 aromatic heterocycles. The van der Waals surface area contributed by atoms with Crippen LogP contribution in [0.4, 0.5) is 0 Å². The highest BCUT2D eigenvalue weighted by molar-refractivity contribution is 6.25. The third-order valence-electron chi connectivity index (χ3n) is 10.1. The Morgan fingerprint density at radius 3 is 2.30 bits per heavy atom. The van der Waals surface area contributed by atoms with E-state index in [1.165, 1.54) is 19.0 Å². The number of carbonyl (C=O) groups excluding carboxylic acids is 4. The van der Waals surface area contributed by atoms with Gasteiger partial charge in [-0.25, -0.2) is 0 Å². The minimum absolute atomic E-state index is 0.00485. The van der Waals surface area contributed by atoms with Gasteiger partial charge in [-0.05, 0) is 56.9 Å². The van der Waals surface area contributed by atoms with E-state index in [1.54, 1.807) is 26.0 Å². The highest BCUT2D eigenvalue weighted by Crippen LogP contribution is 2.57.